The van der Waals surface area contributed by atoms with E-state index < -0.39 is 0 Å². The summed E-state index contributed by atoms with van der Waals surface area (Å²) in [4.78, 5) is 2.16. The van der Waals surface area contributed by atoms with Crippen molar-refractivity contribution in [2.45, 2.75) is 32.7 Å². The second-order valence-electron chi connectivity index (χ2n) is 5.82. The maximum absolute atomic E-state index is 9.48. The van der Waals surface area contributed by atoms with Crippen LogP contribution < -0.4 is 4.74 Å². The molecule has 0 N–H and O–H groups in total. The van der Waals surface area contributed by atoms with Crippen molar-refractivity contribution in [3.8, 4) is 11.8 Å². The Balaban J connectivity index is 2.48. The van der Waals surface area contributed by atoms with E-state index in [4.69, 9.17) is 4.74 Å². The number of nitrogens with zero attached hydrogens (tertiary/aromatic N) is 2. The molecule has 1 fully saturated rings. The summed E-state index contributed by atoms with van der Waals surface area (Å²) in [6.45, 7) is 4.13. The lowest BCUT2D eigenvalue weighted by molar-refractivity contribution is 0.232. The standard InChI is InChI=1S/C16H22N2O/c1-11-8-13(9-12(2)14(11)19-5)15(18(3)4)16(10-17)6-7-16/h8-9,15H,6-7H2,1-5H3. The molecule has 19 heavy (non-hydrogen) atoms. The number of nitriles is 1. The number of ether oxygens (including phenoxy) is 1. The first-order valence-electron chi connectivity index (χ1n) is 6.68. The van der Waals surface area contributed by atoms with Gasteiger partial charge in [-0.2, -0.15) is 5.26 Å². The van der Waals surface area contributed by atoms with Gasteiger partial charge in [0, 0.05) is 0 Å². The third kappa shape index (κ3) is 2.33. The Labute approximate surface area is 115 Å². The Morgan fingerprint density at radius 2 is 1.79 bits per heavy atom. The SMILES string of the molecule is COc1c(C)cc(C(N(C)C)C2(C#N)CC2)cc1C. The number of hydrogen-bond donors (Lipinski definition) is 0. The molecule has 1 aliphatic rings. The lowest BCUT2D eigenvalue weighted by atomic mass is 9.88. The number of aryl methyl sites for hydroxylation is 2. The molecule has 0 aromatic heterocycles. The Morgan fingerprint density at radius 1 is 1.26 bits per heavy atom. The number of methoxy groups -OCH3 is 1. The van der Waals surface area contributed by atoms with Crippen LogP contribution in [0.5, 0.6) is 5.75 Å². The predicted molar refractivity (Wildman–Crippen MR) is 76.2 cm³/mol. The van der Waals surface area contributed by atoms with E-state index in [0.717, 1.165) is 29.7 Å². The number of benzene rings is 1. The van der Waals surface area contributed by atoms with E-state index in [2.05, 4.69) is 51.0 Å². The average Bonchev–Trinajstić information content (AvgIpc) is 3.09. The van der Waals surface area contributed by atoms with E-state index >= 15 is 0 Å². The summed E-state index contributed by atoms with van der Waals surface area (Å²) >= 11 is 0. The zero-order valence-electron chi connectivity index (χ0n) is 12.4. The van der Waals surface area contributed by atoms with Crippen LogP contribution in [-0.2, 0) is 0 Å². The molecule has 0 aliphatic heterocycles. The van der Waals surface area contributed by atoms with Gasteiger partial charge in [-0.05, 0) is 57.5 Å². The first-order chi connectivity index (χ1) is 8.95. The fraction of sp³-hybridized carbons (Fsp3) is 0.562. The van der Waals surface area contributed by atoms with Crippen molar-refractivity contribution in [3.63, 3.8) is 0 Å². The highest BCUT2D eigenvalue weighted by Gasteiger charge is 2.51. The van der Waals surface area contributed by atoms with Crippen LogP contribution in [0, 0.1) is 30.6 Å². The summed E-state index contributed by atoms with van der Waals surface area (Å²) < 4.78 is 5.42. The van der Waals surface area contributed by atoms with Gasteiger partial charge in [0.25, 0.3) is 0 Å². The molecular weight excluding hydrogens is 236 g/mol. The molecule has 1 aromatic rings. The van der Waals surface area contributed by atoms with E-state index in [1.807, 2.05) is 0 Å². The highest BCUT2D eigenvalue weighted by Crippen LogP contribution is 2.56. The largest absolute Gasteiger partial charge is 0.496 e. The van der Waals surface area contributed by atoms with Gasteiger partial charge in [-0.15, -0.1) is 0 Å². The van der Waals surface area contributed by atoms with E-state index in [1.54, 1.807) is 7.11 Å². The minimum Gasteiger partial charge on any atom is -0.496 e. The van der Waals surface area contributed by atoms with Crippen LogP contribution in [0.1, 0.15) is 35.6 Å². The fourth-order valence-electron chi connectivity index (χ4n) is 3.16. The third-order valence-electron chi connectivity index (χ3n) is 4.05. The van der Waals surface area contributed by atoms with Crippen LogP contribution in [-0.4, -0.2) is 26.1 Å². The van der Waals surface area contributed by atoms with Crippen molar-refractivity contribution in [1.82, 2.24) is 4.90 Å². The minimum absolute atomic E-state index is 0.167. The molecule has 1 saturated carbocycles. The minimum atomic E-state index is -0.197. The smallest absolute Gasteiger partial charge is 0.124 e. The van der Waals surface area contributed by atoms with Gasteiger partial charge < -0.3 is 9.64 Å². The molecule has 1 aliphatic carbocycles. The quantitative estimate of drug-likeness (QED) is 0.832. The molecule has 0 amide bonds. The monoisotopic (exact) mass is 258 g/mol. The molecule has 3 nitrogen and oxygen atoms in total. The second kappa shape index (κ2) is 4.86. The first-order valence-corrected chi connectivity index (χ1v) is 6.68. The van der Waals surface area contributed by atoms with Crippen LogP contribution in [0.25, 0.3) is 0 Å². The summed E-state index contributed by atoms with van der Waals surface area (Å²) in [5.41, 5.74) is 3.30. The van der Waals surface area contributed by atoms with Crippen molar-refractivity contribution in [1.29, 1.82) is 5.26 Å². The molecule has 1 unspecified atom stereocenters. The summed E-state index contributed by atoms with van der Waals surface area (Å²) in [7, 11) is 5.81. The maximum Gasteiger partial charge on any atom is 0.124 e. The van der Waals surface area contributed by atoms with E-state index in [9.17, 15) is 5.26 Å². The summed E-state index contributed by atoms with van der Waals surface area (Å²) in [5.74, 6) is 0.947. The molecule has 0 radical (unpaired) electrons. The molecule has 0 spiro atoms. The number of hydrogen-bond acceptors (Lipinski definition) is 3. The zero-order valence-corrected chi connectivity index (χ0v) is 12.4. The van der Waals surface area contributed by atoms with Crippen LogP contribution in [0.2, 0.25) is 0 Å². The van der Waals surface area contributed by atoms with Gasteiger partial charge in [-0.3, -0.25) is 0 Å². The molecule has 0 saturated heterocycles. The van der Waals surface area contributed by atoms with Crippen molar-refractivity contribution in [3.05, 3.63) is 28.8 Å². The van der Waals surface area contributed by atoms with Crippen LogP contribution >= 0.6 is 0 Å². The fourth-order valence-corrected chi connectivity index (χ4v) is 3.16. The van der Waals surface area contributed by atoms with Gasteiger partial charge in [0.05, 0.1) is 24.6 Å². The van der Waals surface area contributed by atoms with E-state index in [0.29, 0.717) is 0 Å². The topological polar surface area (TPSA) is 36.3 Å². The van der Waals surface area contributed by atoms with Gasteiger partial charge in [0.1, 0.15) is 5.75 Å². The summed E-state index contributed by atoms with van der Waals surface area (Å²) in [6.07, 6.45) is 1.99. The Bertz CT molecular complexity index is 501. The van der Waals surface area contributed by atoms with Crippen molar-refractivity contribution in [2.24, 2.45) is 5.41 Å². The lowest BCUT2D eigenvalue weighted by Gasteiger charge is -2.30. The van der Waals surface area contributed by atoms with Crippen molar-refractivity contribution >= 4 is 0 Å². The zero-order chi connectivity index (χ0) is 14.2. The van der Waals surface area contributed by atoms with Gasteiger partial charge in [0.15, 0.2) is 0 Å². The first kappa shape index (κ1) is 13.9. The molecule has 0 heterocycles. The normalized spacial score (nSPS) is 17.9. The van der Waals surface area contributed by atoms with E-state index in [-0.39, 0.29) is 11.5 Å². The molecule has 0 bridgehead atoms. The summed E-state index contributed by atoms with van der Waals surface area (Å²) in [5, 5.41) is 9.48. The van der Waals surface area contributed by atoms with E-state index in [1.165, 1.54) is 5.56 Å². The average molecular weight is 258 g/mol. The molecule has 2 rings (SSSR count). The highest BCUT2D eigenvalue weighted by molar-refractivity contribution is 5.45. The van der Waals surface area contributed by atoms with Gasteiger partial charge in [-0.25, -0.2) is 0 Å². The van der Waals surface area contributed by atoms with Gasteiger partial charge in [0.2, 0.25) is 0 Å². The van der Waals surface area contributed by atoms with Gasteiger partial charge in [-0.1, -0.05) is 12.1 Å². The van der Waals surface area contributed by atoms with Crippen LogP contribution in [0.15, 0.2) is 12.1 Å². The molecule has 1 aromatic carbocycles. The molecular formula is C16H22N2O. The third-order valence-corrected chi connectivity index (χ3v) is 4.05. The van der Waals surface area contributed by atoms with Crippen LogP contribution in [0.4, 0.5) is 0 Å². The van der Waals surface area contributed by atoms with Crippen molar-refractivity contribution in [2.75, 3.05) is 21.2 Å². The molecule has 102 valence electrons. The number of rotatable bonds is 4. The predicted octanol–water partition coefficient (Wildman–Crippen LogP) is 3.22. The Kier molecular flexibility index (Phi) is 3.56. The lowest BCUT2D eigenvalue weighted by Crippen LogP contribution is -2.28. The molecule has 3 heteroatoms. The Morgan fingerprint density at radius 3 is 2.11 bits per heavy atom. The van der Waals surface area contributed by atoms with Crippen molar-refractivity contribution < 1.29 is 4.74 Å². The second-order valence-corrected chi connectivity index (χ2v) is 5.82. The highest BCUT2D eigenvalue weighted by atomic mass is 16.5. The maximum atomic E-state index is 9.48. The van der Waals surface area contributed by atoms with Gasteiger partial charge >= 0.3 is 0 Å². The Hall–Kier alpha value is -1.53. The molecule has 1 atom stereocenters. The van der Waals surface area contributed by atoms with Crippen LogP contribution in [0.3, 0.4) is 0 Å². The summed E-state index contributed by atoms with van der Waals surface area (Å²) in [6, 6.07) is 7.02.